The summed E-state index contributed by atoms with van der Waals surface area (Å²) in [6, 6.07) is 4.82. The normalized spacial score (nSPS) is 17.3. The SMILES string of the molecule is C1=Cc2cc3c4c(c5c(c3cc2C1)C=CC5)=CCC=4. The van der Waals surface area contributed by atoms with E-state index in [-0.39, 0.29) is 0 Å². The van der Waals surface area contributed by atoms with Gasteiger partial charge in [0.1, 0.15) is 0 Å². The number of benzene rings is 2. The molecule has 0 radical (unpaired) electrons. The summed E-state index contributed by atoms with van der Waals surface area (Å²) < 4.78 is 0. The van der Waals surface area contributed by atoms with Gasteiger partial charge in [-0.05, 0) is 74.9 Å². The van der Waals surface area contributed by atoms with Crippen LogP contribution in [0.1, 0.15) is 28.7 Å². The first-order chi connectivity index (χ1) is 9.42. The van der Waals surface area contributed by atoms with Gasteiger partial charge < -0.3 is 0 Å². The third-order valence-corrected chi connectivity index (χ3v) is 4.69. The van der Waals surface area contributed by atoms with Crippen LogP contribution in [0.5, 0.6) is 0 Å². The van der Waals surface area contributed by atoms with Crippen LogP contribution in [0.3, 0.4) is 0 Å². The lowest BCUT2D eigenvalue weighted by atomic mass is 9.94. The van der Waals surface area contributed by atoms with Crippen molar-refractivity contribution < 1.29 is 0 Å². The second-order valence-corrected chi connectivity index (χ2v) is 5.67. The minimum absolute atomic E-state index is 1.09. The van der Waals surface area contributed by atoms with E-state index in [2.05, 4.69) is 48.6 Å². The Kier molecular flexibility index (Phi) is 1.69. The average molecular weight is 242 g/mol. The number of hydrogen-bond acceptors (Lipinski definition) is 0. The maximum absolute atomic E-state index is 2.42. The lowest BCUT2D eigenvalue weighted by molar-refractivity contribution is 1.27. The van der Waals surface area contributed by atoms with Crippen molar-refractivity contribution in [3.63, 3.8) is 0 Å². The maximum Gasteiger partial charge on any atom is -0.00819 e. The molecule has 2 aromatic carbocycles. The highest BCUT2D eigenvalue weighted by atomic mass is 14.2. The second kappa shape index (κ2) is 3.27. The molecule has 0 saturated carbocycles. The Morgan fingerprint density at radius 3 is 2.68 bits per heavy atom. The topological polar surface area (TPSA) is 0 Å². The number of rotatable bonds is 0. The molecule has 0 heteroatoms. The standard InChI is InChI=1S/C19H14/c1-4-12-10-18-16-8-2-6-14(16)15-7-3-9-17(15)19(18)11-13(12)5-1/h1-2,5,7-11H,3-4,6H2. The highest BCUT2D eigenvalue weighted by molar-refractivity contribution is 5.97. The van der Waals surface area contributed by atoms with E-state index in [1.54, 1.807) is 5.56 Å². The molecular formula is C19H14. The van der Waals surface area contributed by atoms with Crippen molar-refractivity contribution in [1.29, 1.82) is 0 Å². The summed E-state index contributed by atoms with van der Waals surface area (Å²) in [5, 5.41) is 5.87. The third kappa shape index (κ3) is 1.14. The van der Waals surface area contributed by atoms with E-state index in [4.69, 9.17) is 0 Å². The fourth-order valence-electron chi connectivity index (χ4n) is 3.82. The van der Waals surface area contributed by atoms with Crippen LogP contribution in [0.25, 0.3) is 35.1 Å². The molecule has 0 bridgehead atoms. The summed E-state index contributed by atoms with van der Waals surface area (Å²) in [5.41, 5.74) is 5.91. The first kappa shape index (κ1) is 9.80. The van der Waals surface area contributed by atoms with Gasteiger partial charge in [0.2, 0.25) is 0 Å². The van der Waals surface area contributed by atoms with Gasteiger partial charge in [-0.1, -0.05) is 36.5 Å². The molecule has 0 heterocycles. The zero-order valence-electron chi connectivity index (χ0n) is 10.7. The van der Waals surface area contributed by atoms with Crippen molar-refractivity contribution in [2.45, 2.75) is 19.3 Å². The van der Waals surface area contributed by atoms with E-state index in [0.29, 0.717) is 0 Å². The van der Waals surface area contributed by atoms with Crippen LogP contribution >= 0.6 is 0 Å². The smallest absolute Gasteiger partial charge is 0.00819 e. The van der Waals surface area contributed by atoms with Crippen molar-refractivity contribution in [2.75, 3.05) is 0 Å². The van der Waals surface area contributed by atoms with Gasteiger partial charge in [-0.3, -0.25) is 0 Å². The predicted molar refractivity (Wildman–Crippen MR) is 82.2 cm³/mol. The van der Waals surface area contributed by atoms with Crippen LogP contribution in [0.15, 0.2) is 24.3 Å². The van der Waals surface area contributed by atoms with Crippen molar-refractivity contribution in [3.05, 3.63) is 57.0 Å². The molecule has 5 rings (SSSR count). The summed E-state index contributed by atoms with van der Waals surface area (Å²) in [4.78, 5) is 0. The van der Waals surface area contributed by atoms with E-state index < -0.39 is 0 Å². The molecule has 0 fully saturated rings. The molecule has 0 N–H and O–H groups in total. The first-order valence-corrected chi connectivity index (χ1v) is 7.07. The number of fused-ring (bicyclic) bond motifs is 7. The summed E-state index contributed by atoms with van der Waals surface area (Å²) in [6.07, 6.45) is 17.2. The molecule has 3 aliphatic rings. The molecule has 3 aliphatic carbocycles. The highest BCUT2D eigenvalue weighted by Gasteiger charge is 2.17. The Hall–Kier alpha value is -2.08. The molecule has 0 saturated heterocycles. The molecule has 0 spiro atoms. The third-order valence-electron chi connectivity index (χ3n) is 4.69. The molecular weight excluding hydrogens is 228 g/mol. The number of hydrogen-bond donors (Lipinski definition) is 0. The fraction of sp³-hybridized carbons (Fsp3) is 0.158. The van der Waals surface area contributed by atoms with Gasteiger partial charge in [-0.25, -0.2) is 0 Å². The van der Waals surface area contributed by atoms with Crippen molar-refractivity contribution >= 4 is 35.1 Å². The molecule has 0 amide bonds. The first-order valence-electron chi connectivity index (χ1n) is 7.07. The Balaban J connectivity index is 2.09. The molecule has 0 aromatic heterocycles. The molecule has 90 valence electrons. The van der Waals surface area contributed by atoms with Gasteiger partial charge in [-0.2, -0.15) is 0 Å². The van der Waals surface area contributed by atoms with E-state index >= 15 is 0 Å². The minimum atomic E-state index is 1.09. The van der Waals surface area contributed by atoms with Crippen molar-refractivity contribution in [1.82, 2.24) is 0 Å². The fourth-order valence-corrected chi connectivity index (χ4v) is 3.82. The summed E-state index contributed by atoms with van der Waals surface area (Å²) in [6.45, 7) is 0. The lowest BCUT2D eigenvalue weighted by Gasteiger charge is -2.10. The van der Waals surface area contributed by atoms with Crippen LogP contribution < -0.4 is 10.4 Å². The Labute approximate surface area is 112 Å². The summed E-state index contributed by atoms with van der Waals surface area (Å²) >= 11 is 0. The maximum atomic E-state index is 2.42. The van der Waals surface area contributed by atoms with Crippen LogP contribution in [0.2, 0.25) is 0 Å². The minimum Gasteiger partial charge on any atom is -0.0795 e. The molecule has 0 unspecified atom stereocenters. The van der Waals surface area contributed by atoms with E-state index in [0.717, 1.165) is 19.3 Å². The average Bonchev–Trinajstić information content (AvgIpc) is 3.15. The number of allylic oxidation sites excluding steroid dienone is 2. The van der Waals surface area contributed by atoms with Crippen molar-refractivity contribution in [3.8, 4) is 0 Å². The molecule has 0 aliphatic heterocycles. The van der Waals surface area contributed by atoms with Crippen LogP contribution in [-0.2, 0) is 12.8 Å². The summed E-state index contributed by atoms with van der Waals surface area (Å²) in [5.74, 6) is 0. The Bertz CT molecular complexity index is 921. The van der Waals surface area contributed by atoms with Crippen LogP contribution in [0, 0.1) is 0 Å². The van der Waals surface area contributed by atoms with Gasteiger partial charge in [0, 0.05) is 0 Å². The van der Waals surface area contributed by atoms with Gasteiger partial charge >= 0.3 is 0 Å². The Morgan fingerprint density at radius 1 is 0.789 bits per heavy atom. The van der Waals surface area contributed by atoms with Crippen LogP contribution in [0.4, 0.5) is 0 Å². The lowest BCUT2D eigenvalue weighted by Crippen LogP contribution is -2.27. The summed E-state index contributed by atoms with van der Waals surface area (Å²) in [7, 11) is 0. The van der Waals surface area contributed by atoms with E-state index in [9.17, 15) is 0 Å². The van der Waals surface area contributed by atoms with Gasteiger partial charge in [0.05, 0.1) is 0 Å². The predicted octanol–water partition coefficient (Wildman–Crippen LogP) is 2.94. The molecule has 2 aromatic rings. The van der Waals surface area contributed by atoms with Crippen LogP contribution in [-0.4, -0.2) is 0 Å². The van der Waals surface area contributed by atoms with Gasteiger partial charge in [0.15, 0.2) is 0 Å². The molecule has 0 nitrogen and oxygen atoms in total. The molecule has 19 heavy (non-hydrogen) atoms. The second-order valence-electron chi connectivity index (χ2n) is 5.67. The van der Waals surface area contributed by atoms with Gasteiger partial charge in [-0.15, -0.1) is 0 Å². The highest BCUT2D eigenvalue weighted by Crippen LogP contribution is 2.30. The molecule has 0 atom stereocenters. The monoisotopic (exact) mass is 242 g/mol. The largest absolute Gasteiger partial charge is 0.0795 e. The quantitative estimate of drug-likeness (QED) is 0.666. The van der Waals surface area contributed by atoms with E-state index in [1.807, 2.05) is 0 Å². The zero-order chi connectivity index (χ0) is 12.4. The van der Waals surface area contributed by atoms with Gasteiger partial charge in [0.25, 0.3) is 0 Å². The van der Waals surface area contributed by atoms with E-state index in [1.165, 1.54) is 37.9 Å². The van der Waals surface area contributed by atoms with Crippen molar-refractivity contribution in [2.24, 2.45) is 0 Å². The zero-order valence-corrected chi connectivity index (χ0v) is 10.7. The Morgan fingerprint density at radius 2 is 1.68 bits per heavy atom.